The molecule has 2 atom stereocenters. The fraction of sp³-hybridized carbons (Fsp3) is 0.400. The molecule has 3 aromatic heterocycles. The summed E-state index contributed by atoms with van der Waals surface area (Å²) in [5, 5.41) is 3.65. The van der Waals surface area contributed by atoms with Crippen LogP contribution in [0.1, 0.15) is 29.3 Å². The molecule has 1 saturated heterocycles. The fourth-order valence-electron chi connectivity index (χ4n) is 4.04. The molecule has 0 saturated carbocycles. The van der Waals surface area contributed by atoms with Gasteiger partial charge in [0.15, 0.2) is 0 Å². The van der Waals surface area contributed by atoms with Crippen LogP contribution in [0, 0.1) is 12.8 Å². The van der Waals surface area contributed by atoms with E-state index in [0.29, 0.717) is 12.0 Å². The van der Waals surface area contributed by atoms with E-state index < -0.39 is 0 Å². The SMILES string of the molecule is Cc1cccn2c(CNC[C@@H]3CCN(C)[C@H]3c3cccnc3)cnc12. The Hall–Kier alpha value is -2.24. The lowest BCUT2D eigenvalue weighted by Crippen LogP contribution is -2.28. The maximum atomic E-state index is 4.55. The van der Waals surface area contributed by atoms with Gasteiger partial charge >= 0.3 is 0 Å². The summed E-state index contributed by atoms with van der Waals surface area (Å²) in [6.07, 6.45) is 9.14. The molecule has 3 aromatic rings. The van der Waals surface area contributed by atoms with Crippen LogP contribution in [0.5, 0.6) is 0 Å². The Labute approximate surface area is 148 Å². The van der Waals surface area contributed by atoms with Gasteiger partial charge in [0.25, 0.3) is 0 Å². The Balaban J connectivity index is 1.43. The third-order valence-electron chi connectivity index (χ3n) is 5.32. The minimum atomic E-state index is 0.450. The average molecular weight is 335 g/mol. The van der Waals surface area contributed by atoms with Crippen molar-refractivity contribution in [3.8, 4) is 0 Å². The molecule has 0 radical (unpaired) electrons. The van der Waals surface area contributed by atoms with E-state index >= 15 is 0 Å². The number of hydrogen-bond donors (Lipinski definition) is 1. The lowest BCUT2D eigenvalue weighted by Gasteiger charge is -2.25. The van der Waals surface area contributed by atoms with Crippen molar-refractivity contribution in [2.45, 2.75) is 25.9 Å². The van der Waals surface area contributed by atoms with Gasteiger partial charge in [0.1, 0.15) is 5.65 Å². The molecule has 1 aliphatic rings. The highest BCUT2D eigenvalue weighted by atomic mass is 15.2. The summed E-state index contributed by atoms with van der Waals surface area (Å²) in [4.78, 5) is 11.3. The molecule has 0 unspecified atom stereocenters. The number of fused-ring (bicyclic) bond motifs is 1. The lowest BCUT2D eigenvalue weighted by molar-refractivity contribution is 0.271. The van der Waals surface area contributed by atoms with E-state index in [1.54, 1.807) is 0 Å². The normalized spacial score (nSPS) is 21.2. The largest absolute Gasteiger partial charge is 0.311 e. The van der Waals surface area contributed by atoms with E-state index in [1.807, 2.05) is 24.7 Å². The fourth-order valence-corrected chi connectivity index (χ4v) is 4.04. The van der Waals surface area contributed by atoms with Crippen LogP contribution in [0.3, 0.4) is 0 Å². The van der Waals surface area contributed by atoms with Crippen molar-refractivity contribution in [3.05, 3.63) is 65.9 Å². The van der Waals surface area contributed by atoms with Gasteiger partial charge in [-0.05, 0) is 56.1 Å². The van der Waals surface area contributed by atoms with Crippen molar-refractivity contribution < 1.29 is 0 Å². The van der Waals surface area contributed by atoms with Gasteiger partial charge in [-0.3, -0.25) is 9.88 Å². The molecule has 0 aromatic carbocycles. The maximum Gasteiger partial charge on any atom is 0.139 e. The zero-order chi connectivity index (χ0) is 17.2. The van der Waals surface area contributed by atoms with E-state index in [4.69, 9.17) is 0 Å². The van der Waals surface area contributed by atoms with Crippen molar-refractivity contribution in [2.24, 2.45) is 5.92 Å². The van der Waals surface area contributed by atoms with E-state index in [2.05, 4.69) is 63.0 Å². The molecule has 25 heavy (non-hydrogen) atoms. The summed E-state index contributed by atoms with van der Waals surface area (Å²) in [6, 6.07) is 8.86. The van der Waals surface area contributed by atoms with Gasteiger partial charge in [-0.2, -0.15) is 0 Å². The van der Waals surface area contributed by atoms with Gasteiger partial charge in [-0.15, -0.1) is 0 Å². The molecule has 0 spiro atoms. The quantitative estimate of drug-likeness (QED) is 0.779. The Morgan fingerprint density at radius 2 is 2.16 bits per heavy atom. The van der Waals surface area contributed by atoms with Gasteiger partial charge in [-0.25, -0.2) is 4.98 Å². The first-order chi connectivity index (χ1) is 12.2. The van der Waals surface area contributed by atoms with Crippen LogP contribution in [0.15, 0.2) is 49.1 Å². The molecule has 1 aliphatic heterocycles. The molecule has 130 valence electrons. The van der Waals surface area contributed by atoms with Gasteiger partial charge in [-0.1, -0.05) is 12.1 Å². The first kappa shape index (κ1) is 16.2. The van der Waals surface area contributed by atoms with Crippen LogP contribution in [-0.2, 0) is 6.54 Å². The standard InChI is InChI=1S/C20H25N5/c1-15-5-4-9-25-18(14-23-20(15)25)13-22-12-17-7-10-24(2)19(17)16-6-3-8-21-11-16/h3-6,8-9,11,14,17,19,22H,7,10,12-13H2,1-2H3/t17-,19-/m0/s1. The second kappa shape index (κ2) is 6.94. The molecular weight excluding hydrogens is 310 g/mol. The average Bonchev–Trinajstić information content (AvgIpc) is 3.21. The number of imidazole rings is 1. The van der Waals surface area contributed by atoms with Gasteiger partial charge in [0.05, 0.1) is 11.9 Å². The number of hydrogen-bond acceptors (Lipinski definition) is 4. The highest BCUT2D eigenvalue weighted by molar-refractivity contribution is 5.48. The lowest BCUT2D eigenvalue weighted by atomic mass is 9.95. The first-order valence-electron chi connectivity index (χ1n) is 8.96. The van der Waals surface area contributed by atoms with Gasteiger partial charge in [0.2, 0.25) is 0 Å². The Morgan fingerprint density at radius 1 is 1.24 bits per heavy atom. The Bertz CT molecular complexity index is 842. The summed E-state index contributed by atoms with van der Waals surface area (Å²) in [5.74, 6) is 0.607. The summed E-state index contributed by atoms with van der Waals surface area (Å²) >= 11 is 0. The van der Waals surface area contributed by atoms with Crippen LogP contribution >= 0.6 is 0 Å². The van der Waals surface area contributed by atoms with Crippen molar-refractivity contribution in [1.29, 1.82) is 0 Å². The summed E-state index contributed by atoms with van der Waals surface area (Å²) < 4.78 is 2.18. The zero-order valence-corrected chi connectivity index (χ0v) is 14.9. The smallest absolute Gasteiger partial charge is 0.139 e. The van der Waals surface area contributed by atoms with E-state index in [1.165, 1.54) is 23.2 Å². The number of pyridine rings is 2. The molecule has 0 bridgehead atoms. The van der Waals surface area contributed by atoms with Crippen molar-refractivity contribution in [1.82, 2.24) is 24.6 Å². The van der Waals surface area contributed by atoms with Gasteiger partial charge < -0.3 is 9.72 Å². The Kier molecular flexibility index (Phi) is 4.51. The number of aromatic nitrogens is 3. The molecule has 4 heterocycles. The predicted molar refractivity (Wildman–Crippen MR) is 99.4 cm³/mol. The summed E-state index contributed by atoms with van der Waals surface area (Å²) in [5.41, 5.74) is 4.79. The van der Waals surface area contributed by atoms with Gasteiger partial charge in [0, 0.05) is 37.7 Å². The second-order valence-electron chi connectivity index (χ2n) is 7.03. The van der Waals surface area contributed by atoms with Crippen LogP contribution < -0.4 is 5.32 Å². The number of nitrogens with zero attached hydrogens (tertiary/aromatic N) is 4. The molecule has 4 rings (SSSR count). The number of nitrogens with one attached hydrogen (secondary N) is 1. The number of aryl methyl sites for hydroxylation is 1. The molecule has 0 amide bonds. The molecular formula is C20H25N5. The van der Waals surface area contributed by atoms with E-state index in [9.17, 15) is 0 Å². The molecule has 1 N–H and O–H groups in total. The van der Waals surface area contributed by atoms with Crippen LogP contribution in [0.2, 0.25) is 0 Å². The minimum Gasteiger partial charge on any atom is -0.311 e. The predicted octanol–water partition coefficient (Wildman–Crippen LogP) is 2.82. The molecule has 5 heteroatoms. The molecule has 5 nitrogen and oxygen atoms in total. The van der Waals surface area contributed by atoms with E-state index in [0.717, 1.165) is 25.3 Å². The number of likely N-dealkylation sites (tertiary alicyclic amines) is 1. The Morgan fingerprint density at radius 3 is 3.00 bits per heavy atom. The van der Waals surface area contributed by atoms with E-state index in [-0.39, 0.29) is 0 Å². The zero-order valence-electron chi connectivity index (χ0n) is 14.9. The maximum absolute atomic E-state index is 4.55. The van der Waals surface area contributed by atoms with Crippen molar-refractivity contribution in [3.63, 3.8) is 0 Å². The summed E-state index contributed by atoms with van der Waals surface area (Å²) in [6.45, 7) is 5.08. The van der Waals surface area contributed by atoms with Crippen LogP contribution in [0.4, 0.5) is 0 Å². The second-order valence-corrected chi connectivity index (χ2v) is 7.03. The van der Waals surface area contributed by atoms with Crippen LogP contribution in [0.25, 0.3) is 5.65 Å². The number of rotatable bonds is 5. The topological polar surface area (TPSA) is 45.5 Å². The van der Waals surface area contributed by atoms with Crippen molar-refractivity contribution >= 4 is 5.65 Å². The molecule has 0 aliphatic carbocycles. The third kappa shape index (κ3) is 3.17. The highest BCUT2D eigenvalue weighted by Crippen LogP contribution is 2.35. The third-order valence-corrected chi connectivity index (χ3v) is 5.32. The molecule has 1 fully saturated rings. The minimum absolute atomic E-state index is 0.450. The summed E-state index contributed by atoms with van der Waals surface area (Å²) in [7, 11) is 2.21. The highest BCUT2D eigenvalue weighted by Gasteiger charge is 2.32. The monoisotopic (exact) mass is 335 g/mol. The van der Waals surface area contributed by atoms with Crippen LogP contribution in [-0.4, -0.2) is 39.4 Å². The van der Waals surface area contributed by atoms with Crippen molar-refractivity contribution in [2.75, 3.05) is 20.1 Å². The first-order valence-corrected chi connectivity index (χ1v) is 8.96.